The second-order valence-corrected chi connectivity index (χ2v) is 5.67. The molecule has 26 heavy (non-hydrogen) atoms. The van der Waals surface area contributed by atoms with E-state index < -0.39 is 5.97 Å². The number of carbonyl (C=O) groups is 2. The number of rotatable bonds is 6. The Morgan fingerprint density at radius 3 is 2.46 bits per heavy atom. The van der Waals surface area contributed by atoms with Crippen LogP contribution in [0.25, 0.3) is 16.8 Å². The molecule has 134 valence electrons. The third-order valence-corrected chi connectivity index (χ3v) is 4.01. The first-order valence-electron chi connectivity index (χ1n) is 8.00. The van der Waals surface area contributed by atoms with Crippen molar-refractivity contribution < 1.29 is 19.1 Å². The first-order valence-corrected chi connectivity index (χ1v) is 8.00. The minimum atomic E-state index is -0.441. The van der Waals surface area contributed by atoms with Gasteiger partial charge in [-0.05, 0) is 24.6 Å². The van der Waals surface area contributed by atoms with E-state index in [1.807, 2.05) is 31.2 Å². The van der Waals surface area contributed by atoms with Gasteiger partial charge in [0.25, 0.3) is 0 Å². The summed E-state index contributed by atoms with van der Waals surface area (Å²) in [6.45, 7) is 1.87. The fraction of sp³-hybridized carbons (Fsp3) is 0.278. The van der Waals surface area contributed by atoms with Gasteiger partial charge in [-0.2, -0.15) is 5.10 Å². The van der Waals surface area contributed by atoms with Crippen molar-refractivity contribution in [2.75, 3.05) is 14.2 Å². The lowest BCUT2D eigenvalue weighted by Gasteiger charge is -2.03. The summed E-state index contributed by atoms with van der Waals surface area (Å²) >= 11 is 0. The van der Waals surface area contributed by atoms with Gasteiger partial charge in [-0.15, -0.1) is 10.2 Å². The maximum Gasteiger partial charge on any atom is 0.305 e. The zero-order valence-electron chi connectivity index (χ0n) is 14.7. The Balaban J connectivity index is 1.92. The van der Waals surface area contributed by atoms with Crippen LogP contribution in [0.4, 0.5) is 0 Å². The van der Waals surface area contributed by atoms with Crippen molar-refractivity contribution in [3.05, 3.63) is 41.9 Å². The Bertz CT molecular complexity index is 963. The summed E-state index contributed by atoms with van der Waals surface area (Å²) in [7, 11) is 2.89. The molecule has 0 aliphatic carbocycles. The fourth-order valence-electron chi connectivity index (χ4n) is 2.63. The predicted molar refractivity (Wildman–Crippen MR) is 93.1 cm³/mol. The molecule has 0 atom stereocenters. The number of methoxy groups -OCH3 is 2. The average Bonchev–Trinajstić information content (AvgIpc) is 3.00. The van der Waals surface area contributed by atoms with E-state index >= 15 is 0 Å². The molecule has 0 saturated carbocycles. The van der Waals surface area contributed by atoms with Crippen molar-refractivity contribution in [3.63, 3.8) is 0 Å². The van der Waals surface area contributed by atoms with Crippen LogP contribution in [0.3, 0.4) is 0 Å². The van der Waals surface area contributed by atoms with Gasteiger partial charge in [0.2, 0.25) is 0 Å². The molecular formula is C18H18N4O4. The molecule has 0 bridgehead atoms. The number of esters is 1. The molecule has 0 spiro atoms. The Morgan fingerprint density at radius 2 is 1.81 bits per heavy atom. The molecule has 2 aromatic heterocycles. The van der Waals surface area contributed by atoms with Gasteiger partial charge in [0.05, 0.1) is 38.1 Å². The lowest BCUT2D eigenvalue weighted by atomic mass is 10.1. The topological polar surface area (TPSA) is 95.7 Å². The standard InChI is InChI=1S/C18H18N4O4/c1-11-17(12-4-6-13(25-2)7-5-12)18-20-19-14(10-22(18)21-11)15(23)8-9-16(24)26-3/h4-7,10H,8-9H2,1-3H3. The highest BCUT2D eigenvalue weighted by Crippen LogP contribution is 2.28. The van der Waals surface area contributed by atoms with E-state index in [4.69, 9.17) is 4.74 Å². The Hall–Kier alpha value is -3.29. The third-order valence-electron chi connectivity index (χ3n) is 4.01. The van der Waals surface area contributed by atoms with Crippen LogP contribution in [0, 0.1) is 6.92 Å². The molecule has 1 aromatic carbocycles. The predicted octanol–water partition coefficient (Wildman–Crippen LogP) is 2.24. The minimum absolute atomic E-state index is 0.00425. The van der Waals surface area contributed by atoms with Gasteiger partial charge >= 0.3 is 5.97 Å². The first-order chi connectivity index (χ1) is 12.5. The smallest absolute Gasteiger partial charge is 0.305 e. The van der Waals surface area contributed by atoms with Gasteiger partial charge in [0, 0.05) is 6.42 Å². The van der Waals surface area contributed by atoms with E-state index in [2.05, 4.69) is 20.0 Å². The number of ketones is 1. The van der Waals surface area contributed by atoms with Crippen LogP contribution in [0.15, 0.2) is 30.5 Å². The Kier molecular flexibility index (Phi) is 4.92. The second-order valence-electron chi connectivity index (χ2n) is 5.67. The lowest BCUT2D eigenvalue weighted by molar-refractivity contribution is -0.140. The Labute approximate surface area is 149 Å². The highest BCUT2D eigenvalue weighted by Gasteiger charge is 2.17. The number of aromatic nitrogens is 4. The van der Waals surface area contributed by atoms with Gasteiger partial charge in [-0.25, -0.2) is 4.52 Å². The number of hydrogen-bond donors (Lipinski definition) is 0. The molecule has 8 heteroatoms. The number of aryl methyl sites for hydroxylation is 1. The number of ether oxygens (including phenoxy) is 2. The van der Waals surface area contributed by atoms with Crippen LogP contribution in [-0.2, 0) is 9.53 Å². The van der Waals surface area contributed by atoms with E-state index in [0.29, 0.717) is 5.65 Å². The van der Waals surface area contributed by atoms with Crippen molar-refractivity contribution >= 4 is 17.4 Å². The van der Waals surface area contributed by atoms with Crippen LogP contribution in [0.2, 0.25) is 0 Å². The molecule has 3 aromatic rings. The van der Waals surface area contributed by atoms with E-state index in [9.17, 15) is 9.59 Å². The maximum atomic E-state index is 12.2. The van der Waals surface area contributed by atoms with E-state index in [1.165, 1.54) is 17.8 Å². The van der Waals surface area contributed by atoms with Gasteiger partial charge in [-0.3, -0.25) is 9.59 Å². The zero-order valence-corrected chi connectivity index (χ0v) is 14.7. The van der Waals surface area contributed by atoms with Crippen molar-refractivity contribution in [1.29, 1.82) is 0 Å². The maximum absolute atomic E-state index is 12.2. The summed E-state index contributed by atoms with van der Waals surface area (Å²) < 4.78 is 11.2. The lowest BCUT2D eigenvalue weighted by Crippen LogP contribution is -2.10. The summed E-state index contributed by atoms with van der Waals surface area (Å²) in [5.41, 5.74) is 3.25. The second kappa shape index (κ2) is 7.30. The monoisotopic (exact) mass is 354 g/mol. The molecule has 0 amide bonds. The molecule has 0 aliphatic rings. The zero-order chi connectivity index (χ0) is 18.7. The van der Waals surface area contributed by atoms with Crippen LogP contribution in [-0.4, -0.2) is 45.8 Å². The molecule has 8 nitrogen and oxygen atoms in total. The minimum Gasteiger partial charge on any atom is -0.497 e. The molecule has 0 radical (unpaired) electrons. The van der Waals surface area contributed by atoms with Gasteiger partial charge in [0.15, 0.2) is 11.4 Å². The van der Waals surface area contributed by atoms with E-state index in [1.54, 1.807) is 7.11 Å². The Morgan fingerprint density at radius 1 is 1.08 bits per heavy atom. The number of fused-ring (bicyclic) bond motifs is 1. The SMILES string of the molecule is COC(=O)CCC(=O)c1cn2nc(C)c(-c3ccc(OC)cc3)c2nn1. The molecular weight excluding hydrogens is 336 g/mol. The van der Waals surface area contributed by atoms with Gasteiger partial charge in [0.1, 0.15) is 11.4 Å². The number of Topliss-reactive ketones (excluding diaryl/α,β-unsaturated/α-hetero) is 1. The molecule has 0 unspecified atom stereocenters. The highest BCUT2D eigenvalue weighted by atomic mass is 16.5. The quantitative estimate of drug-likeness (QED) is 0.495. The largest absolute Gasteiger partial charge is 0.497 e. The van der Waals surface area contributed by atoms with Crippen LogP contribution >= 0.6 is 0 Å². The van der Waals surface area contributed by atoms with Crippen LogP contribution in [0.5, 0.6) is 5.75 Å². The number of carbonyl (C=O) groups excluding carboxylic acids is 2. The van der Waals surface area contributed by atoms with Gasteiger partial charge in [-0.1, -0.05) is 12.1 Å². The number of benzene rings is 1. The summed E-state index contributed by atoms with van der Waals surface area (Å²) in [6.07, 6.45) is 1.55. The summed E-state index contributed by atoms with van der Waals surface area (Å²) in [4.78, 5) is 23.3. The van der Waals surface area contributed by atoms with Crippen LogP contribution in [0.1, 0.15) is 29.0 Å². The molecule has 0 N–H and O–H groups in total. The third kappa shape index (κ3) is 3.39. The summed E-state index contributed by atoms with van der Waals surface area (Å²) in [5.74, 6) is 0.0283. The molecule has 0 fully saturated rings. The van der Waals surface area contributed by atoms with Crippen molar-refractivity contribution in [2.24, 2.45) is 0 Å². The van der Waals surface area contributed by atoms with Crippen LogP contribution < -0.4 is 4.74 Å². The van der Waals surface area contributed by atoms with Gasteiger partial charge < -0.3 is 9.47 Å². The summed E-state index contributed by atoms with van der Waals surface area (Å²) in [5, 5.41) is 12.6. The van der Waals surface area contributed by atoms with E-state index in [-0.39, 0.29) is 24.3 Å². The van der Waals surface area contributed by atoms with Crippen molar-refractivity contribution in [3.8, 4) is 16.9 Å². The molecule has 2 heterocycles. The normalized spacial score (nSPS) is 10.7. The number of hydrogen-bond acceptors (Lipinski definition) is 7. The molecule has 0 saturated heterocycles. The summed E-state index contributed by atoms with van der Waals surface area (Å²) in [6, 6.07) is 7.55. The molecule has 0 aliphatic heterocycles. The first kappa shape index (κ1) is 17.5. The average molecular weight is 354 g/mol. The highest BCUT2D eigenvalue weighted by molar-refractivity contribution is 5.95. The molecule has 3 rings (SSSR count). The number of nitrogens with zero attached hydrogens (tertiary/aromatic N) is 4. The van der Waals surface area contributed by atoms with Crippen molar-refractivity contribution in [2.45, 2.75) is 19.8 Å². The van der Waals surface area contributed by atoms with Crippen molar-refractivity contribution in [1.82, 2.24) is 19.8 Å². The fourth-order valence-corrected chi connectivity index (χ4v) is 2.63. The van der Waals surface area contributed by atoms with E-state index in [0.717, 1.165) is 22.6 Å².